The Morgan fingerprint density at radius 3 is 2.76 bits per heavy atom. The van der Waals surface area contributed by atoms with E-state index in [1.165, 1.54) is 0 Å². The van der Waals surface area contributed by atoms with E-state index in [1.54, 1.807) is 0 Å². The number of hydrogen-bond acceptors (Lipinski definition) is 4. The predicted molar refractivity (Wildman–Crippen MR) is 64.4 cm³/mol. The van der Waals surface area contributed by atoms with Gasteiger partial charge in [0.25, 0.3) is 0 Å². The minimum Gasteiger partial charge on any atom is -0.388 e. The second-order valence-electron chi connectivity index (χ2n) is 5.49. The van der Waals surface area contributed by atoms with E-state index in [2.05, 4.69) is 11.0 Å². The summed E-state index contributed by atoms with van der Waals surface area (Å²) >= 11 is 0. The molecule has 1 aliphatic carbocycles. The Kier molecular flexibility index (Phi) is 4.03. The molecule has 0 aromatic heterocycles. The topological polar surface area (TPSA) is 56.5 Å². The molecule has 2 unspecified atom stereocenters. The number of nitriles is 1. The molecule has 96 valence electrons. The Labute approximate surface area is 103 Å². The Balaban J connectivity index is 1.91. The molecule has 0 aromatic carbocycles. The van der Waals surface area contributed by atoms with Gasteiger partial charge in [-0.3, -0.25) is 4.90 Å². The van der Waals surface area contributed by atoms with Gasteiger partial charge in [-0.1, -0.05) is 6.42 Å². The van der Waals surface area contributed by atoms with Crippen LogP contribution in [0.4, 0.5) is 0 Å². The molecule has 2 rings (SSSR count). The maximum Gasteiger partial charge on any atom is 0.0817 e. The standard InChI is InChI=1S/C13H22N2O2/c1-15(12-4-2-3-11(12)9-14)10-13(16)5-7-17-8-6-13/h11-12,16H,2-8,10H2,1H3. The zero-order chi connectivity index (χ0) is 12.3. The molecule has 2 atom stereocenters. The fourth-order valence-electron chi connectivity index (χ4n) is 3.11. The lowest BCUT2D eigenvalue weighted by molar-refractivity contribution is -0.0821. The lowest BCUT2D eigenvalue weighted by Crippen LogP contribution is -2.49. The summed E-state index contributed by atoms with van der Waals surface area (Å²) in [6.45, 7) is 1.96. The van der Waals surface area contributed by atoms with Crippen LogP contribution >= 0.6 is 0 Å². The van der Waals surface area contributed by atoms with Gasteiger partial charge in [-0.25, -0.2) is 0 Å². The first-order valence-corrected chi connectivity index (χ1v) is 6.55. The van der Waals surface area contributed by atoms with E-state index >= 15 is 0 Å². The second-order valence-corrected chi connectivity index (χ2v) is 5.49. The van der Waals surface area contributed by atoms with Gasteiger partial charge in [-0.15, -0.1) is 0 Å². The molecule has 0 amide bonds. The van der Waals surface area contributed by atoms with Crippen LogP contribution in [0.2, 0.25) is 0 Å². The summed E-state index contributed by atoms with van der Waals surface area (Å²) in [4.78, 5) is 2.19. The van der Waals surface area contributed by atoms with Gasteiger partial charge in [0.2, 0.25) is 0 Å². The monoisotopic (exact) mass is 238 g/mol. The smallest absolute Gasteiger partial charge is 0.0817 e. The summed E-state index contributed by atoms with van der Waals surface area (Å²) in [7, 11) is 2.04. The lowest BCUT2D eigenvalue weighted by Gasteiger charge is -2.38. The zero-order valence-electron chi connectivity index (χ0n) is 10.6. The molecule has 17 heavy (non-hydrogen) atoms. The van der Waals surface area contributed by atoms with Crippen LogP contribution in [0.3, 0.4) is 0 Å². The maximum absolute atomic E-state index is 10.5. The maximum atomic E-state index is 10.5. The SMILES string of the molecule is CN(CC1(O)CCOCC1)C1CCCC1C#N. The van der Waals surface area contributed by atoms with Crippen molar-refractivity contribution < 1.29 is 9.84 Å². The molecule has 1 saturated heterocycles. The third kappa shape index (κ3) is 2.98. The first-order chi connectivity index (χ1) is 8.14. The molecule has 4 heteroatoms. The van der Waals surface area contributed by atoms with Crippen molar-refractivity contribution in [3.05, 3.63) is 0 Å². The number of likely N-dealkylation sites (N-methyl/N-ethyl adjacent to an activating group) is 1. The molecule has 0 radical (unpaired) electrons. The van der Waals surface area contributed by atoms with Gasteiger partial charge >= 0.3 is 0 Å². The zero-order valence-corrected chi connectivity index (χ0v) is 10.6. The quantitative estimate of drug-likeness (QED) is 0.801. The van der Waals surface area contributed by atoms with Gasteiger partial charge in [0, 0.05) is 38.6 Å². The Morgan fingerprint density at radius 2 is 2.12 bits per heavy atom. The van der Waals surface area contributed by atoms with Crippen molar-refractivity contribution in [2.75, 3.05) is 26.8 Å². The van der Waals surface area contributed by atoms with Gasteiger partial charge in [-0.2, -0.15) is 5.26 Å². The van der Waals surface area contributed by atoms with Crippen LogP contribution < -0.4 is 0 Å². The Bertz CT molecular complexity index is 294. The highest BCUT2D eigenvalue weighted by molar-refractivity contribution is 4.98. The summed E-state index contributed by atoms with van der Waals surface area (Å²) in [5.41, 5.74) is -0.615. The summed E-state index contributed by atoms with van der Waals surface area (Å²) < 4.78 is 5.28. The summed E-state index contributed by atoms with van der Waals surface area (Å²) in [5, 5.41) is 19.6. The molecule has 2 fully saturated rings. The molecule has 0 bridgehead atoms. The van der Waals surface area contributed by atoms with Crippen LogP contribution in [0.25, 0.3) is 0 Å². The minimum absolute atomic E-state index is 0.142. The van der Waals surface area contributed by atoms with Gasteiger partial charge in [0.1, 0.15) is 0 Å². The minimum atomic E-state index is -0.615. The molecule has 0 spiro atoms. The van der Waals surface area contributed by atoms with Crippen LogP contribution in [0, 0.1) is 17.2 Å². The lowest BCUT2D eigenvalue weighted by atomic mass is 9.92. The predicted octanol–water partition coefficient (Wildman–Crippen LogP) is 1.15. The summed E-state index contributed by atoms with van der Waals surface area (Å²) in [6.07, 6.45) is 4.64. The van der Waals surface area contributed by atoms with Gasteiger partial charge < -0.3 is 9.84 Å². The van der Waals surface area contributed by atoms with E-state index in [9.17, 15) is 5.11 Å². The molecule has 0 aromatic rings. The number of ether oxygens (including phenoxy) is 1. The Morgan fingerprint density at radius 1 is 1.41 bits per heavy atom. The van der Waals surface area contributed by atoms with Crippen LogP contribution in [-0.4, -0.2) is 48.5 Å². The van der Waals surface area contributed by atoms with Crippen LogP contribution in [0.1, 0.15) is 32.1 Å². The molecule has 1 aliphatic heterocycles. The number of rotatable bonds is 3. The molecular formula is C13H22N2O2. The molecular weight excluding hydrogens is 216 g/mol. The van der Waals surface area contributed by atoms with Crippen LogP contribution in [0.15, 0.2) is 0 Å². The van der Waals surface area contributed by atoms with Crippen molar-refractivity contribution in [3.8, 4) is 6.07 Å². The summed E-state index contributed by atoms with van der Waals surface area (Å²) in [6, 6.07) is 2.72. The van der Waals surface area contributed by atoms with E-state index in [0.29, 0.717) is 38.6 Å². The second kappa shape index (κ2) is 5.34. The van der Waals surface area contributed by atoms with Crippen molar-refractivity contribution >= 4 is 0 Å². The Hall–Kier alpha value is -0.630. The fourth-order valence-corrected chi connectivity index (χ4v) is 3.11. The van der Waals surface area contributed by atoms with E-state index < -0.39 is 5.60 Å². The highest BCUT2D eigenvalue weighted by Crippen LogP contribution is 2.31. The third-order valence-electron chi connectivity index (χ3n) is 4.18. The summed E-state index contributed by atoms with van der Waals surface area (Å²) in [5.74, 6) is 0.142. The van der Waals surface area contributed by atoms with Crippen LogP contribution in [0.5, 0.6) is 0 Å². The highest BCUT2D eigenvalue weighted by atomic mass is 16.5. The average Bonchev–Trinajstić information content (AvgIpc) is 2.77. The van der Waals surface area contributed by atoms with Gasteiger partial charge in [-0.05, 0) is 19.9 Å². The molecule has 4 nitrogen and oxygen atoms in total. The van der Waals surface area contributed by atoms with E-state index in [4.69, 9.17) is 10.00 Å². The normalized spacial score (nSPS) is 32.6. The van der Waals surface area contributed by atoms with E-state index in [-0.39, 0.29) is 5.92 Å². The van der Waals surface area contributed by atoms with E-state index in [1.807, 2.05) is 7.05 Å². The first kappa shape index (κ1) is 12.8. The van der Waals surface area contributed by atoms with Crippen LogP contribution in [-0.2, 0) is 4.74 Å². The van der Waals surface area contributed by atoms with E-state index in [0.717, 1.165) is 19.3 Å². The van der Waals surface area contributed by atoms with Crippen molar-refractivity contribution in [3.63, 3.8) is 0 Å². The number of hydrogen-bond donors (Lipinski definition) is 1. The number of nitrogens with zero attached hydrogens (tertiary/aromatic N) is 2. The van der Waals surface area contributed by atoms with Gasteiger partial charge in [0.05, 0.1) is 17.6 Å². The molecule has 1 heterocycles. The van der Waals surface area contributed by atoms with Crippen molar-refractivity contribution in [1.29, 1.82) is 5.26 Å². The number of aliphatic hydroxyl groups is 1. The van der Waals surface area contributed by atoms with Crippen molar-refractivity contribution in [1.82, 2.24) is 4.90 Å². The molecule has 2 aliphatic rings. The fraction of sp³-hybridized carbons (Fsp3) is 0.923. The first-order valence-electron chi connectivity index (χ1n) is 6.55. The van der Waals surface area contributed by atoms with Crippen molar-refractivity contribution in [2.24, 2.45) is 5.92 Å². The average molecular weight is 238 g/mol. The third-order valence-corrected chi connectivity index (χ3v) is 4.18. The highest BCUT2D eigenvalue weighted by Gasteiger charge is 2.36. The van der Waals surface area contributed by atoms with Crippen molar-refractivity contribution in [2.45, 2.75) is 43.7 Å². The largest absolute Gasteiger partial charge is 0.388 e. The molecule has 1 N–H and O–H groups in total. The molecule has 1 saturated carbocycles. The van der Waals surface area contributed by atoms with Gasteiger partial charge in [0.15, 0.2) is 0 Å².